The molecule has 3 rings (SSSR count). The highest BCUT2D eigenvalue weighted by molar-refractivity contribution is 6.06. The molecule has 3 aromatic carbocycles. The number of para-hydroxylation sites is 1. The Kier molecular flexibility index (Phi) is 8.65. The summed E-state index contributed by atoms with van der Waals surface area (Å²) in [6.45, 7) is 0.142. The minimum absolute atomic E-state index is 0.0275. The Labute approximate surface area is 197 Å². The molecular formula is C26H26N2O6. The standard InChI is InChI=1S/C26H26N2O6/c1-33-21-6-4-5-19(15-21)17-34-20-11-9-18(10-12-20)16-23(26(32)27-13-14-29)28-25(31)22-7-2-3-8-24(22)30/h2-12,15-16,29-30H,13-14,17H2,1H3,(H,27,32)(H,28,31)/b23-16-. The van der Waals surface area contributed by atoms with Crippen molar-refractivity contribution in [1.82, 2.24) is 10.6 Å². The molecule has 8 nitrogen and oxygen atoms in total. The van der Waals surface area contributed by atoms with Gasteiger partial charge in [-0.25, -0.2) is 0 Å². The highest BCUT2D eigenvalue weighted by atomic mass is 16.5. The van der Waals surface area contributed by atoms with Crippen molar-refractivity contribution in [1.29, 1.82) is 0 Å². The van der Waals surface area contributed by atoms with E-state index in [9.17, 15) is 14.7 Å². The molecule has 0 saturated heterocycles. The number of aromatic hydroxyl groups is 1. The predicted octanol–water partition coefficient (Wildman–Crippen LogP) is 2.86. The van der Waals surface area contributed by atoms with Crippen molar-refractivity contribution in [3.05, 3.63) is 95.2 Å². The maximum atomic E-state index is 12.6. The number of rotatable bonds is 10. The first-order valence-corrected chi connectivity index (χ1v) is 10.6. The lowest BCUT2D eigenvalue weighted by molar-refractivity contribution is -0.117. The summed E-state index contributed by atoms with van der Waals surface area (Å²) in [5.74, 6) is -0.0329. The van der Waals surface area contributed by atoms with Crippen molar-refractivity contribution in [2.45, 2.75) is 6.61 Å². The highest BCUT2D eigenvalue weighted by Crippen LogP contribution is 2.19. The third-order valence-electron chi connectivity index (χ3n) is 4.77. The van der Waals surface area contributed by atoms with Crippen LogP contribution in [0.2, 0.25) is 0 Å². The third kappa shape index (κ3) is 6.85. The molecule has 0 aromatic heterocycles. The van der Waals surface area contributed by atoms with Crippen LogP contribution in [0.15, 0.2) is 78.5 Å². The van der Waals surface area contributed by atoms with Crippen LogP contribution in [0.4, 0.5) is 0 Å². The smallest absolute Gasteiger partial charge is 0.267 e. The van der Waals surface area contributed by atoms with Crippen molar-refractivity contribution in [3.63, 3.8) is 0 Å². The number of phenolic OH excluding ortho intramolecular Hbond substituents is 1. The molecule has 0 heterocycles. The fraction of sp³-hybridized carbons (Fsp3) is 0.154. The van der Waals surface area contributed by atoms with Crippen molar-refractivity contribution in [3.8, 4) is 17.2 Å². The van der Waals surface area contributed by atoms with Crippen LogP contribution in [0, 0.1) is 0 Å². The number of aliphatic hydroxyl groups is 1. The second kappa shape index (κ2) is 12.1. The summed E-state index contributed by atoms with van der Waals surface area (Å²) in [5, 5.41) is 24.0. The summed E-state index contributed by atoms with van der Waals surface area (Å²) in [5.41, 5.74) is 1.59. The molecule has 0 aliphatic heterocycles. The zero-order chi connectivity index (χ0) is 24.3. The molecule has 0 atom stereocenters. The van der Waals surface area contributed by atoms with Gasteiger partial charge in [0.25, 0.3) is 11.8 Å². The number of hydrogen-bond acceptors (Lipinski definition) is 6. The number of methoxy groups -OCH3 is 1. The van der Waals surface area contributed by atoms with Gasteiger partial charge in [0.05, 0.1) is 19.3 Å². The van der Waals surface area contributed by atoms with Gasteiger partial charge in [-0.05, 0) is 53.6 Å². The van der Waals surface area contributed by atoms with Crippen LogP contribution in [0.1, 0.15) is 21.5 Å². The van der Waals surface area contributed by atoms with E-state index in [0.717, 1.165) is 11.3 Å². The van der Waals surface area contributed by atoms with Crippen molar-refractivity contribution in [2.75, 3.05) is 20.3 Å². The average molecular weight is 463 g/mol. The molecule has 3 aromatic rings. The lowest BCUT2D eigenvalue weighted by atomic mass is 10.1. The van der Waals surface area contributed by atoms with E-state index in [2.05, 4.69) is 10.6 Å². The average Bonchev–Trinajstić information content (AvgIpc) is 2.86. The number of phenols is 1. The van der Waals surface area contributed by atoms with Crippen LogP contribution in [0.5, 0.6) is 17.2 Å². The highest BCUT2D eigenvalue weighted by Gasteiger charge is 2.16. The molecule has 0 spiro atoms. The molecular weight excluding hydrogens is 436 g/mol. The zero-order valence-electron chi connectivity index (χ0n) is 18.7. The van der Waals surface area contributed by atoms with Crippen LogP contribution in [0.3, 0.4) is 0 Å². The Balaban J connectivity index is 1.73. The van der Waals surface area contributed by atoms with Gasteiger partial charge in [0.1, 0.15) is 29.6 Å². The van der Waals surface area contributed by atoms with Gasteiger partial charge in [-0.1, -0.05) is 36.4 Å². The Morgan fingerprint density at radius 1 is 0.971 bits per heavy atom. The van der Waals surface area contributed by atoms with Gasteiger partial charge in [0.15, 0.2) is 0 Å². The maximum absolute atomic E-state index is 12.6. The number of aliphatic hydroxyl groups excluding tert-OH is 1. The van der Waals surface area contributed by atoms with Gasteiger partial charge in [-0.3, -0.25) is 9.59 Å². The molecule has 8 heteroatoms. The Bertz CT molecular complexity index is 1160. The van der Waals surface area contributed by atoms with Crippen LogP contribution < -0.4 is 20.1 Å². The van der Waals surface area contributed by atoms with Crippen molar-refractivity contribution in [2.24, 2.45) is 0 Å². The number of amides is 2. The minimum atomic E-state index is -0.637. The quantitative estimate of drug-likeness (QED) is 0.344. The Morgan fingerprint density at radius 3 is 2.44 bits per heavy atom. The van der Waals surface area contributed by atoms with E-state index in [1.54, 1.807) is 43.5 Å². The van der Waals surface area contributed by atoms with Crippen LogP contribution in [0.25, 0.3) is 6.08 Å². The van der Waals surface area contributed by atoms with Crippen LogP contribution in [-0.4, -0.2) is 42.3 Å². The molecule has 176 valence electrons. The summed E-state index contributed by atoms with van der Waals surface area (Å²) in [6.07, 6.45) is 1.50. The third-order valence-corrected chi connectivity index (χ3v) is 4.77. The zero-order valence-corrected chi connectivity index (χ0v) is 18.7. The maximum Gasteiger partial charge on any atom is 0.267 e. The number of ether oxygens (including phenoxy) is 2. The Hall–Kier alpha value is -4.30. The first-order chi connectivity index (χ1) is 16.5. The topological polar surface area (TPSA) is 117 Å². The number of carbonyl (C=O) groups excluding carboxylic acids is 2. The summed E-state index contributed by atoms with van der Waals surface area (Å²) in [7, 11) is 1.61. The van der Waals surface area contributed by atoms with E-state index in [-0.39, 0.29) is 30.2 Å². The molecule has 0 aliphatic rings. The predicted molar refractivity (Wildman–Crippen MR) is 127 cm³/mol. The van der Waals surface area contributed by atoms with Crippen LogP contribution in [-0.2, 0) is 11.4 Å². The van der Waals surface area contributed by atoms with Crippen molar-refractivity contribution >= 4 is 17.9 Å². The van der Waals surface area contributed by atoms with E-state index in [1.807, 2.05) is 24.3 Å². The second-order valence-electron chi connectivity index (χ2n) is 7.22. The van der Waals surface area contributed by atoms with Crippen molar-refractivity contribution < 1.29 is 29.3 Å². The number of carbonyl (C=O) groups is 2. The normalized spacial score (nSPS) is 10.9. The van der Waals surface area contributed by atoms with Gasteiger partial charge >= 0.3 is 0 Å². The molecule has 0 fully saturated rings. The number of hydrogen-bond donors (Lipinski definition) is 4. The first-order valence-electron chi connectivity index (χ1n) is 10.6. The lowest BCUT2D eigenvalue weighted by Crippen LogP contribution is -2.36. The van der Waals surface area contributed by atoms with Gasteiger partial charge < -0.3 is 30.3 Å². The summed E-state index contributed by atoms with van der Waals surface area (Å²) >= 11 is 0. The molecule has 0 saturated carbocycles. The second-order valence-corrected chi connectivity index (χ2v) is 7.22. The summed E-state index contributed by atoms with van der Waals surface area (Å²) < 4.78 is 11.0. The van der Waals surface area contributed by atoms with Gasteiger partial charge in [-0.2, -0.15) is 0 Å². The molecule has 0 bridgehead atoms. The van der Waals surface area contributed by atoms with E-state index in [1.165, 1.54) is 18.2 Å². The molecule has 0 radical (unpaired) electrons. The summed E-state index contributed by atoms with van der Waals surface area (Å²) in [6, 6.07) is 20.6. The van der Waals surface area contributed by atoms with E-state index < -0.39 is 11.8 Å². The molecule has 2 amide bonds. The first kappa shape index (κ1) is 24.3. The Morgan fingerprint density at radius 2 is 1.74 bits per heavy atom. The largest absolute Gasteiger partial charge is 0.507 e. The lowest BCUT2D eigenvalue weighted by Gasteiger charge is -2.12. The van der Waals surface area contributed by atoms with E-state index in [4.69, 9.17) is 14.6 Å². The van der Waals surface area contributed by atoms with Gasteiger partial charge in [-0.15, -0.1) is 0 Å². The SMILES string of the molecule is COc1cccc(COc2ccc(/C=C(\NC(=O)c3ccccc3O)C(=O)NCCO)cc2)c1. The molecule has 34 heavy (non-hydrogen) atoms. The van der Waals surface area contributed by atoms with E-state index in [0.29, 0.717) is 17.9 Å². The fourth-order valence-electron chi connectivity index (χ4n) is 3.03. The molecule has 0 aliphatic carbocycles. The van der Waals surface area contributed by atoms with E-state index >= 15 is 0 Å². The van der Waals surface area contributed by atoms with Gasteiger partial charge in [0, 0.05) is 6.54 Å². The minimum Gasteiger partial charge on any atom is -0.507 e. The fourth-order valence-corrected chi connectivity index (χ4v) is 3.03. The number of benzene rings is 3. The van der Waals surface area contributed by atoms with Crippen LogP contribution >= 0.6 is 0 Å². The summed E-state index contributed by atoms with van der Waals surface area (Å²) in [4.78, 5) is 25.1. The number of nitrogens with one attached hydrogen (secondary N) is 2. The molecule has 4 N–H and O–H groups in total. The molecule has 0 unspecified atom stereocenters. The van der Waals surface area contributed by atoms with Gasteiger partial charge in [0.2, 0.25) is 0 Å². The monoisotopic (exact) mass is 462 g/mol.